The molecule has 6 nitrogen and oxygen atoms in total. The van der Waals surface area contributed by atoms with E-state index in [0.717, 1.165) is 133 Å². The summed E-state index contributed by atoms with van der Waals surface area (Å²) in [5.74, 6) is 0. The van der Waals surface area contributed by atoms with Crippen LogP contribution in [-0.4, -0.2) is 18.3 Å². The number of nitrogens with zero attached hydrogens (tertiary/aromatic N) is 6. The summed E-state index contributed by atoms with van der Waals surface area (Å²) in [4.78, 5) is 4.81. The first-order valence-corrected chi connectivity index (χ1v) is 29.6. The molecule has 17 aromatic rings. The highest BCUT2D eigenvalue weighted by molar-refractivity contribution is 6.20. The van der Waals surface area contributed by atoms with Crippen LogP contribution in [0.3, 0.4) is 0 Å². The number of rotatable bonds is 7. The maximum atomic E-state index is 16.1. The van der Waals surface area contributed by atoms with Crippen LogP contribution < -0.4 is 9.80 Å². The van der Waals surface area contributed by atoms with Gasteiger partial charge in [0, 0.05) is 54.3 Å². The fourth-order valence-electron chi connectivity index (χ4n) is 14.6. The van der Waals surface area contributed by atoms with Crippen LogP contribution in [0.4, 0.5) is 47.3 Å². The average molecular weight is 1140 g/mol. The lowest BCUT2D eigenvalue weighted by atomic mass is 9.92. The Labute approximate surface area is 502 Å². The summed E-state index contributed by atoms with van der Waals surface area (Å²) in [6, 6.07) is 102. The van der Waals surface area contributed by atoms with Crippen LogP contribution in [0, 0.1) is 0 Å². The van der Waals surface area contributed by atoms with E-state index in [2.05, 4.69) is 295 Å². The Morgan fingerprint density at radius 2 is 0.500 bits per heavy atom. The molecule has 0 fully saturated rings. The van der Waals surface area contributed by atoms with E-state index in [1.54, 1.807) is 6.07 Å². The minimum absolute atomic E-state index is 0.383. The van der Waals surface area contributed by atoms with Gasteiger partial charge in [0.2, 0.25) is 0 Å². The molecule has 9 heteroatoms. The van der Waals surface area contributed by atoms with E-state index in [4.69, 9.17) is 0 Å². The van der Waals surface area contributed by atoms with Gasteiger partial charge in [-0.2, -0.15) is 13.2 Å². The third kappa shape index (κ3) is 7.06. The number of hydrogen-bond acceptors (Lipinski definition) is 2. The highest BCUT2D eigenvalue weighted by Gasteiger charge is 2.41. The molecule has 0 atom stereocenters. The molecule has 0 saturated heterocycles. The number of anilines is 6. The number of halogens is 3. The zero-order valence-corrected chi connectivity index (χ0v) is 47.1. The van der Waals surface area contributed by atoms with Crippen molar-refractivity contribution in [1.82, 2.24) is 18.3 Å². The van der Waals surface area contributed by atoms with Crippen LogP contribution in [0.5, 0.6) is 0 Å². The molecule has 0 N–H and O–H groups in total. The fourth-order valence-corrected chi connectivity index (χ4v) is 14.6. The molecule has 5 heterocycles. The molecule has 18 rings (SSSR count). The molecule has 0 saturated carbocycles. The number of aromatic nitrogens is 4. The smallest absolute Gasteiger partial charge is 0.306 e. The van der Waals surface area contributed by atoms with Gasteiger partial charge in [0.25, 0.3) is 0 Å². The second kappa shape index (κ2) is 19.0. The van der Waals surface area contributed by atoms with Gasteiger partial charge >= 0.3 is 6.18 Å². The Morgan fingerprint density at radius 3 is 0.818 bits per heavy atom. The normalized spacial score (nSPS) is 12.7. The van der Waals surface area contributed by atoms with Gasteiger partial charge in [-0.15, -0.1) is 0 Å². The second-order valence-corrected chi connectivity index (χ2v) is 22.7. The summed E-state index contributed by atoms with van der Waals surface area (Å²) < 4.78 is 57.8. The van der Waals surface area contributed by atoms with E-state index in [9.17, 15) is 0 Å². The predicted molar refractivity (Wildman–Crippen MR) is 357 cm³/mol. The summed E-state index contributed by atoms with van der Waals surface area (Å²) in [6.45, 7) is 0. The van der Waals surface area contributed by atoms with Gasteiger partial charge in [-0.05, 0) is 103 Å². The first-order chi connectivity index (χ1) is 43.4. The van der Waals surface area contributed by atoms with Gasteiger partial charge in [-0.3, -0.25) is 0 Å². The maximum absolute atomic E-state index is 16.1. The summed E-state index contributed by atoms with van der Waals surface area (Å²) >= 11 is 0. The van der Waals surface area contributed by atoms with Gasteiger partial charge in [0.1, 0.15) is 0 Å². The Hall–Kier alpha value is -11.6. The molecule has 1 aliphatic rings. The van der Waals surface area contributed by atoms with Gasteiger partial charge in [0.15, 0.2) is 0 Å². The van der Waals surface area contributed by atoms with Gasteiger partial charge < -0.3 is 28.1 Å². The Morgan fingerprint density at radius 1 is 0.227 bits per heavy atom. The minimum Gasteiger partial charge on any atom is -0.306 e. The van der Waals surface area contributed by atoms with Crippen LogP contribution in [-0.2, 0) is 6.18 Å². The van der Waals surface area contributed by atoms with E-state index < -0.39 is 11.7 Å². The van der Waals surface area contributed by atoms with Crippen molar-refractivity contribution in [2.45, 2.75) is 6.18 Å². The number of fused-ring (bicyclic) bond motifs is 14. The van der Waals surface area contributed by atoms with E-state index in [-0.39, 0.29) is 0 Å². The number of benzene rings is 13. The third-order valence-corrected chi connectivity index (χ3v) is 18.0. The van der Waals surface area contributed by atoms with Crippen molar-refractivity contribution in [2.75, 3.05) is 9.80 Å². The monoisotopic (exact) mass is 1140 g/mol. The summed E-state index contributed by atoms with van der Waals surface area (Å²) in [6.07, 6.45) is -4.70. The van der Waals surface area contributed by atoms with Crippen molar-refractivity contribution in [1.29, 1.82) is 0 Å². The SMILES string of the molecule is FC(F)(F)c1cccc(-c2c(-n3c4ccccc4c4ccccc43)c(-n3c4ccccc4c4ccccc43)c(N3c4ccccc4N(c4ccccc4)c4ccccc43)c(-n3c4ccccc4c4ccccc43)c2-n2c3ccccc3c3ccccc32)c1. The van der Waals surface area contributed by atoms with Crippen LogP contribution in [0.15, 0.2) is 297 Å². The fraction of sp³-hybridized carbons (Fsp3) is 0.0127. The molecule has 416 valence electrons. The standard InChI is InChI=1S/C79H49F3N6/c80-79(81,82)51-26-24-25-50(49-51)73-74(84-61-37-12-4-29-53(61)54-30-5-13-38-62(54)84)76(86-65-41-16-8-33-57(65)58-34-9-17-42-66(58)86)78(88-71-47-22-20-45-69(71)83(52-27-2-1-3-28-52)70-46-21-23-48-72(70)88)77(87-67-43-18-10-35-59(67)60-36-11-19-44-68(60)87)75(73)85-63-39-14-6-31-55(63)56-32-7-15-40-64(56)85/h1-49H. The Bertz CT molecular complexity index is 5210. The molecule has 1 aliphatic heterocycles. The van der Waals surface area contributed by atoms with Crippen molar-refractivity contribution >= 4 is 121 Å². The second-order valence-electron chi connectivity index (χ2n) is 22.7. The van der Waals surface area contributed by atoms with Crippen molar-refractivity contribution in [3.8, 4) is 33.9 Å². The molecular weight excluding hydrogens is 1090 g/mol. The lowest BCUT2D eigenvalue weighted by Gasteiger charge is -2.43. The highest BCUT2D eigenvalue weighted by atomic mass is 19.4. The molecule has 0 unspecified atom stereocenters. The first-order valence-electron chi connectivity index (χ1n) is 29.6. The molecule has 13 aromatic carbocycles. The summed E-state index contributed by atoms with van der Waals surface area (Å²) in [7, 11) is 0. The number of alkyl halides is 3. The summed E-state index contributed by atoms with van der Waals surface area (Å²) in [5, 5.41) is 8.10. The quantitative estimate of drug-likeness (QED) is 0.159. The summed E-state index contributed by atoms with van der Waals surface area (Å²) in [5.41, 5.74) is 15.7. The highest BCUT2D eigenvalue weighted by Crippen LogP contribution is 2.61. The topological polar surface area (TPSA) is 26.2 Å². The lowest BCUT2D eigenvalue weighted by Crippen LogP contribution is -2.27. The first kappa shape index (κ1) is 49.8. The largest absolute Gasteiger partial charge is 0.416 e. The molecule has 88 heavy (non-hydrogen) atoms. The minimum atomic E-state index is -4.70. The molecule has 0 aliphatic carbocycles. The average Bonchev–Trinajstić information content (AvgIpc) is 1.34. The van der Waals surface area contributed by atoms with Crippen LogP contribution in [0.1, 0.15) is 5.56 Å². The molecule has 0 bridgehead atoms. The lowest BCUT2D eigenvalue weighted by molar-refractivity contribution is -0.137. The molecule has 0 amide bonds. The predicted octanol–water partition coefficient (Wildman–Crippen LogP) is 22.0. The van der Waals surface area contributed by atoms with E-state index in [1.165, 1.54) is 12.1 Å². The van der Waals surface area contributed by atoms with Crippen molar-refractivity contribution < 1.29 is 13.2 Å². The number of hydrogen-bond donors (Lipinski definition) is 0. The van der Waals surface area contributed by atoms with Gasteiger partial charge in [-0.1, -0.05) is 200 Å². The number of para-hydroxylation sites is 13. The van der Waals surface area contributed by atoms with Crippen molar-refractivity contribution in [3.63, 3.8) is 0 Å². The van der Waals surface area contributed by atoms with E-state index in [0.29, 0.717) is 22.5 Å². The van der Waals surface area contributed by atoms with Crippen LogP contribution in [0.2, 0.25) is 0 Å². The van der Waals surface area contributed by atoms with Crippen molar-refractivity contribution in [3.05, 3.63) is 303 Å². The Balaban J connectivity index is 1.22. The van der Waals surface area contributed by atoms with Crippen molar-refractivity contribution in [2.24, 2.45) is 0 Å². The molecule has 4 aromatic heterocycles. The van der Waals surface area contributed by atoms with Gasteiger partial charge in [-0.25, -0.2) is 0 Å². The van der Waals surface area contributed by atoms with E-state index >= 15 is 13.2 Å². The maximum Gasteiger partial charge on any atom is 0.416 e. The zero-order valence-electron chi connectivity index (χ0n) is 47.1. The molecule has 0 spiro atoms. The third-order valence-electron chi connectivity index (χ3n) is 18.0. The molecule has 0 radical (unpaired) electrons. The van der Waals surface area contributed by atoms with Gasteiger partial charge in [0.05, 0.1) is 101 Å². The van der Waals surface area contributed by atoms with Crippen LogP contribution >= 0.6 is 0 Å². The molecular formula is C79H49F3N6. The van der Waals surface area contributed by atoms with Crippen LogP contribution in [0.25, 0.3) is 121 Å². The zero-order chi connectivity index (χ0) is 58.4. The Kier molecular flexibility index (Phi) is 10.7. The van der Waals surface area contributed by atoms with E-state index in [1.807, 2.05) is 12.1 Å².